The van der Waals surface area contributed by atoms with Crippen molar-refractivity contribution in [2.24, 2.45) is 0 Å². The number of thiazole rings is 1. The third-order valence-corrected chi connectivity index (χ3v) is 6.04. The molecule has 10 heteroatoms. The molecule has 162 valence electrons. The van der Waals surface area contributed by atoms with Gasteiger partial charge in [-0.2, -0.15) is 13.2 Å². The number of urea groups is 1. The molecule has 1 aromatic heterocycles. The Morgan fingerprint density at radius 1 is 1.13 bits per heavy atom. The summed E-state index contributed by atoms with van der Waals surface area (Å²) < 4.78 is 38.3. The highest BCUT2D eigenvalue weighted by molar-refractivity contribution is 7.21. The average Bonchev–Trinajstić information content (AvgIpc) is 3.39. The van der Waals surface area contributed by atoms with Gasteiger partial charge < -0.3 is 15.5 Å². The first-order valence-electron chi connectivity index (χ1n) is 9.69. The minimum Gasteiger partial charge on any atom is -0.345 e. The van der Waals surface area contributed by atoms with E-state index in [1.165, 1.54) is 16.2 Å². The molecule has 31 heavy (non-hydrogen) atoms. The largest absolute Gasteiger partial charge is 0.405 e. The number of alkyl halides is 3. The van der Waals surface area contributed by atoms with E-state index in [1.807, 2.05) is 41.7 Å². The third-order valence-electron chi connectivity index (χ3n) is 4.97. The smallest absolute Gasteiger partial charge is 0.345 e. The number of carbonyl (C=O) groups is 2. The number of benzene rings is 2. The SMILES string of the molecule is O=C(NCC(F)(F)F)C1CCCN1C(=O)Nc1ccccc1-c1nc2ccccc2s1. The summed E-state index contributed by atoms with van der Waals surface area (Å²) in [6.07, 6.45) is -3.65. The van der Waals surface area contributed by atoms with E-state index < -0.39 is 30.7 Å². The number of nitrogens with one attached hydrogen (secondary N) is 2. The van der Waals surface area contributed by atoms with E-state index in [2.05, 4.69) is 10.3 Å². The number of para-hydroxylation sites is 2. The second-order valence-electron chi connectivity index (χ2n) is 7.15. The fraction of sp³-hybridized carbons (Fsp3) is 0.286. The Hall–Kier alpha value is -3.14. The number of hydrogen-bond acceptors (Lipinski definition) is 4. The van der Waals surface area contributed by atoms with Gasteiger partial charge in [0.25, 0.3) is 0 Å². The number of amides is 3. The van der Waals surface area contributed by atoms with Crippen molar-refractivity contribution in [2.45, 2.75) is 25.1 Å². The third kappa shape index (κ3) is 4.79. The summed E-state index contributed by atoms with van der Waals surface area (Å²) in [6.45, 7) is -1.13. The van der Waals surface area contributed by atoms with Crippen LogP contribution in [0.5, 0.6) is 0 Å². The van der Waals surface area contributed by atoms with Crippen LogP contribution in [0.1, 0.15) is 12.8 Å². The van der Waals surface area contributed by atoms with E-state index in [4.69, 9.17) is 0 Å². The van der Waals surface area contributed by atoms with E-state index in [1.54, 1.807) is 12.1 Å². The molecule has 1 aliphatic rings. The van der Waals surface area contributed by atoms with Crippen LogP contribution in [-0.2, 0) is 4.79 Å². The number of nitrogens with zero attached hydrogens (tertiary/aromatic N) is 2. The zero-order valence-corrected chi connectivity index (χ0v) is 17.1. The summed E-state index contributed by atoms with van der Waals surface area (Å²) in [5.41, 5.74) is 2.10. The Kier molecular flexibility index (Phi) is 5.81. The Balaban J connectivity index is 1.51. The topological polar surface area (TPSA) is 74.3 Å². The molecule has 0 saturated carbocycles. The Morgan fingerprint density at radius 3 is 2.65 bits per heavy atom. The minimum absolute atomic E-state index is 0.291. The zero-order chi connectivity index (χ0) is 22.0. The van der Waals surface area contributed by atoms with Gasteiger partial charge in [-0.3, -0.25) is 4.79 Å². The second-order valence-corrected chi connectivity index (χ2v) is 8.18. The second kappa shape index (κ2) is 8.54. The van der Waals surface area contributed by atoms with Gasteiger partial charge in [0.2, 0.25) is 5.91 Å². The molecular formula is C21H19F3N4O2S. The van der Waals surface area contributed by atoms with Gasteiger partial charge in [-0.1, -0.05) is 24.3 Å². The van der Waals surface area contributed by atoms with Crippen LogP contribution in [0.2, 0.25) is 0 Å². The highest BCUT2D eigenvalue weighted by Crippen LogP contribution is 2.34. The number of fused-ring (bicyclic) bond motifs is 1. The van der Waals surface area contributed by atoms with Crippen molar-refractivity contribution in [1.82, 2.24) is 15.2 Å². The minimum atomic E-state index is -4.50. The summed E-state index contributed by atoms with van der Waals surface area (Å²) in [4.78, 5) is 31.0. The van der Waals surface area contributed by atoms with Crippen molar-refractivity contribution in [3.05, 3.63) is 48.5 Å². The van der Waals surface area contributed by atoms with E-state index in [0.29, 0.717) is 25.1 Å². The summed E-state index contributed by atoms with van der Waals surface area (Å²) in [5.74, 6) is -0.801. The molecule has 2 N–H and O–H groups in total. The van der Waals surface area contributed by atoms with Crippen LogP contribution in [0.25, 0.3) is 20.8 Å². The van der Waals surface area contributed by atoms with Gasteiger partial charge in [0, 0.05) is 12.1 Å². The van der Waals surface area contributed by atoms with Crippen molar-refractivity contribution in [1.29, 1.82) is 0 Å². The lowest BCUT2D eigenvalue weighted by Gasteiger charge is -2.25. The van der Waals surface area contributed by atoms with Crippen molar-refractivity contribution >= 4 is 39.2 Å². The van der Waals surface area contributed by atoms with Crippen LogP contribution < -0.4 is 10.6 Å². The predicted octanol–water partition coefficient (Wildman–Crippen LogP) is 4.64. The normalized spacial score (nSPS) is 16.5. The monoisotopic (exact) mass is 448 g/mol. The molecule has 1 saturated heterocycles. The maximum atomic E-state index is 12.9. The van der Waals surface area contributed by atoms with Gasteiger partial charge in [0.05, 0.1) is 15.9 Å². The summed E-state index contributed by atoms with van der Waals surface area (Å²) in [7, 11) is 0. The van der Waals surface area contributed by atoms with Crippen LogP contribution >= 0.6 is 11.3 Å². The number of likely N-dealkylation sites (tertiary alicyclic amines) is 1. The molecule has 3 aromatic rings. The average molecular weight is 448 g/mol. The van der Waals surface area contributed by atoms with E-state index in [9.17, 15) is 22.8 Å². The molecule has 3 amide bonds. The molecular weight excluding hydrogens is 429 g/mol. The quantitative estimate of drug-likeness (QED) is 0.611. The van der Waals surface area contributed by atoms with Gasteiger partial charge >= 0.3 is 12.2 Å². The number of rotatable bonds is 4. The van der Waals surface area contributed by atoms with E-state index in [0.717, 1.165) is 20.8 Å². The Bertz CT molecular complexity index is 1080. The van der Waals surface area contributed by atoms with E-state index in [-0.39, 0.29) is 0 Å². The molecule has 1 aliphatic heterocycles. The fourth-order valence-corrected chi connectivity index (χ4v) is 4.55. The maximum Gasteiger partial charge on any atom is 0.405 e. The van der Waals surface area contributed by atoms with Crippen molar-refractivity contribution in [3.8, 4) is 10.6 Å². The molecule has 1 atom stereocenters. The molecule has 2 heterocycles. The number of anilines is 1. The van der Waals surface area contributed by atoms with Crippen LogP contribution in [0.15, 0.2) is 48.5 Å². The van der Waals surface area contributed by atoms with Crippen LogP contribution in [0, 0.1) is 0 Å². The number of hydrogen-bond donors (Lipinski definition) is 2. The van der Waals surface area contributed by atoms with E-state index >= 15 is 0 Å². The first-order chi connectivity index (χ1) is 14.8. The maximum absolute atomic E-state index is 12.9. The van der Waals surface area contributed by atoms with Gasteiger partial charge in [-0.15, -0.1) is 11.3 Å². The first-order valence-corrected chi connectivity index (χ1v) is 10.5. The van der Waals surface area contributed by atoms with Gasteiger partial charge in [-0.25, -0.2) is 9.78 Å². The molecule has 4 rings (SSSR count). The molecule has 0 aliphatic carbocycles. The molecule has 2 aromatic carbocycles. The Morgan fingerprint density at radius 2 is 1.87 bits per heavy atom. The van der Waals surface area contributed by atoms with Crippen LogP contribution in [-0.4, -0.2) is 47.1 Å². The highest BCUT2D eigenvalue weighted by Gasteiger charge is 2.36. The standard InChI is InChI=1S/C21H19F3N4O2S/c22-21(23,24)12-25-18(29)16-9-5-11-28(16)20(30)27-14-7-2-1-6-13(14)19-26-15-8-3-4-10-17(15)31-19/h1-4,6-8,10,16H,5,9,11-12H2,(H,25,29)(H,27,30). The lowest BCUT2D eigenvalue weighted by atomic mass is 10.2. The Labute approximate surface area is 180 Å². The van der Waals surface area contributed by atoms with Crippen molar-refractivity contribution < 1.29 is 22.8 Å². The first kappa shape index (κ1) is 21.1. The lowest BCUT2D eigenvalue weighted by Crippen LogP contribution is -2.49. The number of aromatic nitrogens is 1. The molecule has 1 fully saturated rings. The van der Waals surface area contributed by atoms with Gasteiger partial charge in [0.15, 0.2) is 0 Å². The predicted molar refractivity (Wildman–Crippen MR) is 113 cm³/mol. The van der Waals surface area contributed by atoms with Crippen LogP contribution in [0.3, 0.4) is 0 Å². The molecule has 0 radical (unpaired) electrons. The zero-order valence-electron chi connectivity index (χ0n) is 16.3. The molecule has 6 nitrogen and oxygen atoms in total. The summed E-state index contributed by atoms with van der Waals surface area (Å²) >= 11 is 1.49. The summed E-state index contributed by atoms with van der Waals surface area (Å²) in [5, 5.41) is 5.41. The molecule has 1 unspecified atom stereocenters. The van der Waals surface area contributed by atoms with Gasteiger partial charge in [-0.05, 0) is 37.1 Å². The number of carbonyl (C=O) groups excluding carboxylic acids is 2. The molecule has 0 bridgehead atoms. The lowest BCUT2D eigenvalue weighted by molar-refractivity contribution is -0.140. The van der Waals surface area contributed by atoms with Crippen molar-refractivity contribution in [2.75, 3.05) is 18.4 Å². The fourth-order valence-electron chi connectivity index (χ4n) is 3.54. The highest BCUT2D eigenvalue weighted by atomic mass is 32.1. The summed E-state index contributed by atoms with van der Waals surface area (Å²) in [6, 6.07) is 13.4. The van der Waals surface area contributed by atoms with Crippen molar-refractivity contribution in [3.63, 3.8) is 0 Å². The van der Waals surface area contributed by atoms with Crippen LogP contribution in [0.4, 0.5) is 23.7 Å². The molecule has 0 spiro atoms. The number of halogens is 3. The van der Waals surface area contributed by atoms with Gasteiger partial charge in [0.1, 0.15) is 17.6 Å².